The van der Waals surface area contributed by atoms with Crippen molar-refractivity contribution in [1.82, 2.24) is 10.2 Å². The Balaban J connectivity index is 1.88. The minimum atomic E-state index is -0.680. The molecular formula is C24H33N3O3S. The number of aromatic nitrogens is 2. The molecule has 0 spiro atoms. The third-order valence-electron chi connectivity index (χ3n) is 5.13. The largest absolute Gasteiger partial charge is 0.490 e. The van der Waals surface area contributed by atoms with E-state index >= 15 is 0 Å². The van der Waals surface area contributed by atoms with E-state index in [-0.39, 0.29) is 13.2 Å². The Morgan fingerprint density at radius 2 is 1.84 bits per heavy atom. The van der Waals surface area contributed by atoms with Gasteiger partial charge in [-0.1, -0.05) is 27.2 Å². The van der Waals surface area contributed by atoms with Gasteiger partial charge in [-0.3, -0.25) is 0 Å². The maximum atomic E-state index is 9.67. The highest BCUT2D eigenvalue weighted by molar-refractivity contribution is 7.13. The molecule has 0 fully saturated rings. The van der Waals surface area contributed by atoms with Crippen LogP contribution in [0.2, 0.25) is 0 Å². The number of aryl methyl sites for hydroxylation is 2. The number of thiophene rings is 1. The fourth-order valence-electron chi connectivity index (χ4n) is 3.71. The lowest BCUT2D eigenvalue weighted by molar-refractivity contribution is 0.113. The van der Waals surface area contributed by atoms with Crippen molar-refractivity contribution in [3.63, 3.8) is 0 Å². The van der Waals surface area contributed by atoms with Gasteiger partial charge < -0.3 is 20.0 Å². The van der Waals surface area contributed by atoms with Crippen molar-refractivity contribution in [3.05, 3.63) is 39.8 Å². The average Bonchev–Trinajstić information content (AvgIpc) is 3.34. The molecule has 3 aromatic rings. The first-order chi connectivity index (χ1) is 14.8. The molecule has 3 rings (SSSR count). The number of hydrogen-bond acceptors (Lipinski definition) is 7. The van der Waals surface area contributed by atoms with Crippen LogP contribution in [-0.4, -0.2) is 34.6 Å². The Morgan fingerprint density at radius 3 is 2.45 bits per heavy atom. The van der Waals surface area contributed by atoms with Crippen LogP contribution in [0.15, 0.2) is 21.9 Å². The molecule has 0 bridgehead atoms. The molecule has 0 aliphatic heterocycles. The molecule has 2 heterocycles. The molecule has 1 unspecified atom stereocenters. The van der Waals surface area contributed by atoms with Crippen molar-refractivity contribution in [2.24, 2.45) is 11.7 Å². The Hall–Kier alpha value is -2.22. The minimum absolute atomic E-state index is 0.166. The van der Waals surface area contributed by atoms with Crippen molar-refractivity contribution in [2.75, 3.05) is 13.2 Å². The first kappa shape index (κ1) is 23.4. The van der Waals surface area contributed by atoms with Gasteiger partial charge in [0, 0.05) is 12.1 Å². The molecule has 1 aromatic carbocycles. The summed E-state index contributed by atoms with van der Waals surface area (Å²) in [7, 11) is 0. The molecule has 0 saturated heterocycles. The van der Waals surface area contributed by atoms with Crippen LogP contribution in [0.1, 0.15) is 49.4 Å². The highest BCUT2D eigenvalue weighted by Crippen LogP contribution is 2.36. The van der Waals surface area contributed by atoms with Gasteiger partial charge >= 0.3 is 0 Å². The average molecular weight is 444 g/mol. The van der Waals surface area contributed by atoms with Crippen LogP contribution in [0.4, 0.5) is 0 Å². The fourth-order valence-corrected chi connectivity index (χ4v) is 4.77. The van der Waals surface area contributed by atoms with Crippen LogP contribution in [-0.2, 0) is 12.8 Å². The highest BCUT2D eigenvalue weighted by atomic mass is 32.1. The SMILES string of the molecule is CCCc1c(CC(C)C)csc1-c1nnc(-c2cc(C)c(OCC(O)CN)c(C)c2)o1. The molecule has 2 aromatic heterocycles. The summed E-state index contributed by atoms with van der Waals surface area (Å²) in [6, 6.07) is 3.94. The summed E-state index contributed by atoms with van der Waals surface area (Å²) >= 11 is 1.69. The van der Waals surface area contributed by atoms with Gasteiger partial charge in [-0.05, 0) is 72.4 Å². The molecule has 0 aliphatic carbocycles. The summed E-state index contributed by atoms with van der Waals surface area (Å²) in [6.45, 7) is 11.0. The zero-order valence-corrected chi connectivity index (χ0v) is 19.9. The topological polar surface area (TPSA) is 94.4 Å². The molecule has 31 heavy (non-hydrogen) atoms. The monoisotopic (exact) mass is 443 g/mol. The third kappa shape index (κ3) is 5.53. The van der Waals surface area contributed by atoms with Crippen LogP contribution < -0.4 is 10.5 Å². The van der Waals surface area contributed by atoms with E-state index < -0.39 is 6.10 Å². The van der Waals surface area contributed by atoms with E-state index in [9.17, 15) is 5.11 Å². The van der Waals surface area contributed by atoms with Gasteiger partial charge in [-0.2, -0.15) is 0 Å². The number of ether oxygens (including phenoxy) is 1. The van der Waals surface area contributed by atoms with Crippen LogP contribution in [0.3, 0.4) is 0 Å². The Kier molecular flexibility index (Phi) is 7.86. The molecule has 6 nitrogen and oxygen atoms in total. The number of benzene rings is 1. The number of nitrogens with zero attached hydrogens (tertiary/aromatic N) is 2. The van der Waals surface area contributed by atoms with E-state index in [4.69, 9.17) is 14.9 Å². The maximum Gasteiger partial charge on any atom is 0.258 e. The fraction of sp³-hybridized carbons (Fsp3) is 0.500. The van der Waals surface area contributed by atoms with Gasteiger partial charge in [0.05, 0.1) is 4.88 Å². The summed E-state index contributed by atoms with van der Waals surface area (Å²) in [5, 5.41) is 20.6. The lowest BCUT2D eigenvalue weighted by Crippen LogP contribution is -2.26. The van der Waals surface area contributed by atoms with Gasteiger partial charge in [0.15, 0.2) is 0 Å². The maximum absolute atomic E-state index is 9.67. The van der Waals surface area contributed by atoms with E-state index in [1.807, 2.05) is 26.0 Å². The highest BCUT2D eigenvalue weighted by Gasteiger charge is 2.20. The summed E-state index contributed by atoms with van der Waals surface area (Å²) in [6.07, 6.45) is 2.47. The van der Waals surface area contributed by atoms with Crippen LogP contribution in [0.5, 0.6) is 5.75 Å². The second-order valence-electron chi connectivity index (χ2n) is 8.47. The molecule has 0 amide bonds. The van der Waals surface area contributed by atoms with Crippen molar-refractivity contribution in [1.29, 1.82) is 0 Å². The van der Waals surface area contributed by atoms with Crippen LogP contribution in [0.25, 0.3) is 22.2 Å². The summed E-state index contributed by atoms with van der Waals surface area (Å²) in [5.74, 6) is 2.43. The lowest BCUT2D eigenvalue weighted by Gasteiger charge is -2.15. The van der Waals surface area contributed by atoms with E-state index in [0.717, 1.165) is 46.6 Å². The first-order valence-electron chi connectivity index (χ1n) is 10.9. The summed E-state index contributed by atoms with van der Waals surface area (Å²) in [5.41, 5.74) is 10.9. The van der Waals surface area contributed by atoms with E-state index in [2.05, 4.69) is 36.3 Å². The van der Waals surface area contributed by atoms with Gasteiger partial charge in [0.25, 0.3) is 5.89 Å². The number of hydrogen-bond donors (Lipinski definition) is 2. The minimum Gasteiger partial charge on any atom is -0.490 e. The van der Waals surface area contributed by atoms with Crippen LogP contribution in [0, 0.1) is 19.8 Å². The number of rotatable bonds is 10. The molecular weight excluding hydrogens is 410 g/mol. The van der Waals surface area contributed by atoms with Crippen molar-refractivity contribution < 1.29 is 14.3 Å². The zero-order valence-electron chi connectivity index (χ0n) is 19.1. The molecule has 168 valence electrons. The van der Waals surface area contributed by atoms with Gasteiger partial charge in [-0.15, -0.1) is 21.5 Å². The Morgan fingerprint density at radius 1 is 1.16 bits per heavy atom. The Labute approximate surface area is 188 Å². The van der Waals surface area contributed by atoms with Crippen LogP contribution >= 0.6 is 11.3 Å². The lowest BCUT2D eigenvalue weighted by atomic mass is 9.98. The predicted molar refractivity (Wildman–Crippen MR) is 126 cm³/mol. The quantitative estimate of drug-likeness (QED) is 0.461. The molecule has 0 radical (unpaired) electrons. The zero-order chi connectivity index (χ0) is 22.5. The van der Waals surface area contributed by atoms with Gasteiger partial charge in [0.1, 0.15) is 18.5 Å². The summed E-state index contributed by atoms with van der Waals surface area (Å²) < 4.78 is 11.9. The van der Waals surface area contributed by atoms with E-state index in [1.54, 1.807) is 11.3 Å². The standard InChI is InChI=1S/C24H33N3O3S/c1-6-7-20-18(8-14(2)3)13-31-22(20)24-27-26-23(30-24)17-9-15(4)21(16(5)10-17)29-12-19(28)11-25/h9-10,13-14,19,28H,6-8,11-12,25H2,1-5H3. The summed E-state index contributed by atoms with van der Waals surface area (Å²) in [4.78, 5) is 1.08. The first-order valence-corrected chi connectivity index (χ1v) is 11.8. The smallest absolute Gasteiger partial charge is 0.258 e. The molecule has 3 N–H and O–H groups in total. The number of aliphatic hydroxyl groups excluding tert-OH is 1. The molecule has 0 aliphatic rings. The van der Waals surface area contributed by atoms with E-state index in [0.29, 0.717) is 17.7 Å². The Bertz CT molecular complexity index is 986. The number of aliphatic hydroxyl groups is 1. The molecule has 1 atom stereocenters. The second kappa shape index (κ2) is 10.4. The van der Waals surface area contributed by atoms with Crippen molar-refractivity contribution >= 4 is 11.3 Å². The number of nitrogens with two attached hydrogens (primary N) is 1. The molecule has 7 heteroatoms. The van der Waals surface area contributed by atoms with E-state index in [1.165, 1.54) is 11.1 Å². The predicted octanol–water partition coefficient (Wildman–Crippen LogP) is 4.93. The second-order valence-corrected chi connectivity index (χ2v) is 9.35. The van der Waals surface area contributed by atoms with Crippen molar-refractivity contribution in [2.45, 2.75) is 60.0 Å². The molecule has 0 saturated carbocycles. The normalized spacial score (nSPS) is 12.5. The van der Waals surface area contributed by atoms with Crippen molar-refractivity contribution in [3.8, 4) is 28.0 Å². The third-order valence-corrected chi connectivity index (χ3v) is 6.19. The van der Waals surface area contributed by atoms with Gasteiger partial charge in [0.2, 0.25) is 5.89 Å². The van der Waals surface area contributed by atoms with Gasteiger partial charge in [-0.25, -0.2) is 0 Å².